The van der Waals surface area contributed by atoms with Crippen LogP contribution >= 0.6 is 0 Å². The molecule has 0 amide bonds. The topological polar surface area (TPSA) is 6.48 Å². The number of hydrogen-bond acceptors (Lipinski definition) is 2. The van der Waals surface area contributed by atoms with E-state index in [9.17, 15) is 0 Å². The summed E-state index contributed by atoms with van der Waals surface area (Å²) in [5.74, 6) is 0. The molecular weight excluding hydrogens is 737 g/mol. The number of hydrogen-bond donors (Lipinski definition) is 0. The number of rotatable bonds is 9. The van der Waals surface area contributed by atoms with E-state index in [2.05, 4.69) is 256 Å². The monoisotopic (exact) mass is 784 g/mol. The third kappa shape index (κ3) is 7.21. The van der Waals surface area contributed by atoms with E-state index < -0.39 is 0 Å². The van der Waals surface area contributed by atoms with Crippen molar-refractivity contribution < 1.29 is 0 Å². The maximum Gasteiger partial charge on any atom is 0.0488 e. The molecule has 0 saturated heterocycles. The van der Waals surface area contributed by atoms with Crippen molar-refractivity contribution in [2.45, 2.75) is 33.1 Å². The van der Waals surface area contributed by atoms with Crippen LogP contribution in [0, 0.1) is 13.8 Å². The van der Waals surface area contributed by atoms with Crippen molar-refractivity contribution in [1.82, 2.24) is 0 Å². The Morgan fingerprint density at radius 2 is 0.656 bits per heavy atom. The Bertz CT molecular complexity index is 2810. The molecule has 0 atom stereocenters. The van der Waals surface area contributed by atoms with Crippen molar-refractivity contribution in [1.29, 1.82) is 0 Å². The van der Waals surface area contributed by atoms with Gasteiger partial charge in [0, 0.05) is 39.5 Å². The SMILES string of the molecule is Cc1ccc(N(c2ccc(-c3ccccc3)cc2)c2cc(-c3ccc4c(c3)C(C)(C)c3ccccc3-4)cc(N(c3ccc(C)cc3)c3ccc(-c4ccccc4)cc3)c2)cc1. The molecule has 10 rings (SSSR count). The second kappa shape index (κ2) is 15.6. The van der Waals surface area contributed by atoms with Crippen LogP contribution in [0.5, 0.6) is 0 Å². The predicted molar refractivity (Wildman–Crippen MR) is 259 cm³/mol. The summed E-state index contributed by atoms with van der Waals surface area (Å²) < 4.78 is 0. The number of fused-ring (bicyclic) bond motifs is 3. The van der Waals surface area contributed by atoms with Gasteiger partial charge in [0.1, 0.15) is 0 Å². The van der Waals surface area contributed by atoms with Crippen LogP contribution in [-0.2, 0) is 5.41 Å². The molecule has 2 nitrogen and oxygen atoms in total. The van der Waals surface area contributed by atoms with Gasteiger partial charge >= 0.3 is 0 Å². The molecule has 0 aromatic heterocycles. The number of anilines is 6. The fraction of sp³-hybridized carbons (Fsp3) is 0.0847. The largest absolute Gasteiger partial charge is 0.310 e. The zero-order valence-electron chi connectivity index (χ0n) is 35.2. The summed E-state index contributed by atoms with van der Waals surface area (Å²) >= 11 is 0. The van der Waals surface area contributed by atoms with Crippen LogP contribution in [0.2, 0.25) is 0 Å². The molecule has 0 spiro atoms. The molecule has 0 bridgehead atoms. The average Bonchev–Trinajstić information content (AvgIpc) is 3.54. The number of benzene rings is 9. The first-order valence-corrected chi connectivity index (χ1v) is 21.2. The molecule has 0 heterocycles. The van der Waals surface area contributed by atoms with Crippen molar-refractivity contribution in [3.63, 3.8) is 0 Å². The highest BCUT2D eigenvalue weighted by molar-refractivity contribution is 5.90. The van der Waals surface area contributed by atoms with Gasteiger partial charge in [-0.2, -0.15) is 0 Å². The molecule has 1 aliphatic carbocycles. The Balaban J connectivity index is 1.19. The molecule has 9 aromatic rings. The van der Waals surface area contributed by atoms with E-state index in [1.165, 1.54) is 61.2 Å². The standard InChI is InChI=1S/C59H48N2/c1-41-19-28-49(29-20-41)60(51-32-23-45(24-33-51)43-13-7-5-8-14-43)53-37-48(47-27-36-56-55-17-11-12-18-57(55)59(3,4)58(56)39-47)38-54(40-53)61(50-30-21-42(2)22-31-50)52-34-25-46(26-35-52)44-15-9-6-10-16-44/h5-40H,1-4H3. The highest BCUT2D eigenvalue weighted by Gasteiger charge is 2.35. The van der Waals surface area contributed by atoms with Crippen molar-refractivity contribution in [2.75, 3.05) is 9.80 Å². The summed E-state index contributed by atoms with van der Waals surface area (Å²) in [6.45, 7) is 9.02. The lowest BCUT2D eigenvalue weighted by Crippen LogP contribution is -2.15. The van der Waals surface area contributed by atoms with E-state index in [4.69, 9.17) is 0 Å². The highest BCUT2D eigenvalue weighted by Crippen LogP contribution is 2.50. The number of aryl methyl sites for hydroxylation is 2. The first-order valence-electron chi connectivity index (χ1n) is 21.2. The van der Waals surface area contributed by atoms with Gasteiger partial charge < -0.3 is 9.80 Å². The summed E-state index contributed by atoms with van der Waals surface area (Å²) in [6, 6.07) is 80.1. The molecule has 0 saturated carbocycles. The Kier molecular flexibility index (Phi) is 9.70. The van der Waals surface area contributed by atoms with Crippen LogP contribution in [0.4, 0.5) is 34.1 Å². The Labute approximate surface area is 360 Å². The van der Waals surface area contributed by atoms with Gasteiger partial charge in [0.15, 0.2) is 0 Å². The van der Waals surface area contributed by atoms with Gasteiger partial charge in [0.25, 0.3) is 0 Å². The van der Waals surface area contributed by atoms with Crippen LogP contribution in [0.3, 0.4) is 0 Å². The molecule has 0 unspecified atom stereocenters. The first-order chi connectivity index (χ1) is 29.8. The normalized spacial score (nSPS) is 12.4. The van der Waals surface area contributed by atoms with Crippen molar-refractivity contribution >= 4 is 34.1 Å². The van der Waals surface area contributed by atoms with Crippen molar-refractivity contribution in [3.8, 4) is 44.5 Å². The van der Waals surface area contributed by atoms with Gasteiger partial charge in [-0.1, -0.05) is 171 Å². The van der Waals surface area contributed by atoms with E-state index in [0.717, 1.165) is 39.7 Å². The summed E-state index contributed by atoms with van der Waals surface area (Å²) in [7, 11) is 0. The lowest BCUT2D eigenvalue weighted by atomic mass is 9.81. The minimum atomic E-state index is -0.120. The smallest absolute Gasteiger partial charge is 0.0488 e. The van der Waals surface area contributed by atoms with E-state index in [1.54, 1.807) is 0 Å². The van der Waals surface area contributed by atoms with Crippen LogP contribution in [-0.4, -0.2) is 0 Å². The van der Waals surface area contributed by atoms with Crippen molar-refractivity contribution in [3.05, 3.63) is 241 Å². The molecule has 294 valence electrons. The van der Waals surface area contributed by atoms with Crippen LogP contribution in [0.25, 0.3) is 44.5 Å². The molecule has 9 aromatic carbocycles. The molecule has 0 fully saturated rings. The molecule has 61 heavy (non-hydrogen) atoms. The Morgan fingerprint density at radius 3 is 1.13 bits per heavy atom. The summed E-state index contributed by atoms with van der Waals surface area (Å²) in [4.78, 5) is 4.81. The Hall–Kier alpha value is -7.42. The average molecular weight is 785 g/mol. The molecular formula is C59H48N2. The minimum absolute atomic E-state index is 0.120. The van der Waals surface area contributed by atoms with Gasteiger partial charge in [0.2, 0.25) is 0 Å². The van der Waals surface area contributed by atoms with Gasteiger partial charge in [-0.25, -0.2) is 0 Å². The third-order valence-corrected chi connectivity index (χ3v) is 12.4. The third-order valence-electron chi connectivity index (χ3n) is 12.4. The second-order valence-electron chi connectivity index (χ2n) is 16.8. The summed E-state index contributed by atoms with van der Waals surface area (Å²) in [5.41, 5.74) is 21.4. The maximum absolute atomic E-state index is 2.44. The van der Waals surface area contributed by atoms with Gasteiger partial charge in [-0.3, -0.25) is 0 Å². The maximum atomic E-state index is 2.44. The molecule has 2 heteroatoms. The fourth-order valence-corrected chi connectivity index (χ4v) is 9.05. The van der Waals surface area contributed by atoms with Crippen molar-refractivity contribution in [2.24, 2.45) is 0 Å². The van der Waals surface area contributed by atoms with E-state index in [-0.39, 0.29) is 5.41 Å². The minimum Gasteiger partial charge on any atom is -0.310 e. The predicted octanol–water partition coefficient (Wildman–Crippen LogP) is 16.6. The fourth-order valence-electron chi connectivity index (χ4n) is 9.05. The van der Waals surface area contributed by atoms with E-state index >= 15 is 0 Å². The lowest BCUT2D eigenvalue weighted by Gasteiger charge is -2.31. The molecule has 0 radical (unpaired) electrons. The zero-order chi connectivity index (χ0) is 41.5. The first kappa shape index (κ1) is 37.8. The van der Waals surface area contributed by atoms with Crippen LogP contribution < -0.4 is 9.80 Å². The quantitative estimate of drug-likeness (QED) is 0.144. The molecule has 1 aliphatic rings. The number of nitrogens with zero attached hydrogens (tertiary/aromatic N) is 2. The molecule has 0 aliphatic heterocycles. The van der Waals surface area contributed by atoms with Crippen LogP contribution in [0.15, 0.2) is 218 Å². The van der Waals surface area contributed by atoms with Gasteiger partial charge in [-0.05, 0) is 142 Å². The van der Waals surface area contributed by atoms with E-state index in [1.807, 2.05) is 0 Å². The highest BCUT2D eigenvalue weighted by atomic mass is 15.2. The zero-order valence-corrected chi connectivity index (χ0v) is 35.2. The molecule has 0 N–H and O–H groups in total. The summed E-state index contributed by atoms with van der Waals surface area (Å²) in [5, 5.41) is 0. The summed E-state index contributed by atoms with van der Waals surface area (Å²) in [6.07, 6.45) is 0. The lowest BCUT2D eigenvalue weighted by molar-refractivity contribution is 0.660. The van der Waals surface area contributed by atoms with E-state index in [0.29, 0.717) is 0 Å². The Morgan fingerprint density at radius 1 is 0.279 bits per heavy atom. The van der Waals surface area contributed by atoms with Gasteiger partial charge in [-0.15, -0.1) is 0 Å². The van der Waals surface area contributed by atoms with Gasteiger partial charge in [0.05, 0.1) is 0 Å². The second-order valence-corrected chi connectivity index (χ2v) is 16.8. The van der Waals surface area contributed by atoms with Crippen LogP contribution in [0.1, 0.15) is 36.1 Å².